The summed E-state index contributed by atoms with van der Waals surface area (Å²) in [6.45, 7) is 0. The highest BCUT2D eigenvalue weighted by Crippen LogP contribution is 2.23. The van der Waals surface area contributed by atoms with Crippen molar-refractivity contribution < 1.29 is 9.84 Å². The number of nitrogens with one attached hydrogen (secondary N) is 2. The van der Waals surface area contributed by atoms with Gasteiger partial charge in [0, 0.05) is 17.3 Å². The Kier molecular flexibility index (Phi) is 5.82. The summed E-state index contributed by atoms with van der Waals surface area (Å²) in [4.78, 5) is 30.9. The van der Waals surface area contributed by atoms with Crippen molar-refractivity contribution in [2.45, 2.75) is 0 Å². The van der Waals surface area contributed by atoms with E-state index < -0.39 is 17.1 Å². The molecule has 1 heterocycles. The van der Waals surface area contributed by atoms with Gasteiger partial charge in [0.1, 0.15) is 11.3 Å². The molecule has 0 aliphatic carbocycles. The number of rotatable bonds is 4. The number of aromatic nitrogens is 2. The maximum absolute atomic E-state index is 12.3. The van der Waals surface area contributed by atoms with E-state index in [0.717, 1.165) is 27.2 Å². The third kappa shape index (κ3) is 4.14. The van der Waals surface area contributed by atoms with Crippen molar-refractivity contribution >= 4 is 40.0 Å². The molecule has 0 saturated heterocycles. The van der Waals surface area contributed by atoms with Crippen LogP contribution < -0.4 is 21.3 Å². The predicted molar refractivity (Wildman–Crippen MR) is 129 cm³/mol. The van der Waals surface area contributed by atoms with Crippen molar-refractivity contribution in [2.75, 3.05) is 12.4 Å². The fourth-order valence-corrected chi connectivity index (χ4v) is 3.39. The van der Waals surface area contributed by atoms with Gasteiger partial charge in [-0.05, 0) is 47.9 Å². The molecule has 4 aromatic rings. The molecule has 0 aliphatic rings. The first kappa shape index (κ1) is 21.0. The molecule has 4 rings (SSSR count). The highest BCUT2D eigenvalue weighted by Gasteiger charge is 2.14. The molecule has 160 valence electrons. The van der Waals surface area contributed by atoms with Gasteiger partial charge in [0.05, 0.1) is 12.8 Å². The molecule has 0 bridgehead atoms. The van der Waals surface area contributed by atoms with E-state index >= 15 is 0 Å². The van der Waals surface area contributed by atoms with Gasteiger partial charge in [0.25, 0.3) is 5.56 Å². The minimum atomic E-state index is -0.786. The van der Waals surface area contributed by atoms with Crippen LogP contribution in [0.5, 0.6) is 11.6 Å². The Morgan fingerprint density at radius 1 is 1.09 bits per heavy atom. The van der Waals surface area contributed by atoms with E-state index in [1.807, 2.05) is 42.5 Å². The SMILES string of the molecule is COc1ccc(-n2c(O)c(C=NC(=S)Nc3cccc4ccccc34)c(=O)[nH]c2=O)cc1. The number of hydrogen-bond donors (Lipinski definition) is 3. The fourth-order valence-electron chi connectivity index (χ4n) is 3.23. The largest absolute Gasteiger partial charge is 0.497 e. The number of anilines is 1. The fraction of sp³-hybridized carbons (Fsp3) is 0.0435. The average molecular weight is 446 g/mol. The quantitative estimate of drug-likeness (QED) is 0.328. The molecule has 3 N–H and O–H groups in total. The topological polar surface area (TPSA) is 109 Å². The van der Waals surface area contributed by atoms with Crippen molar-refractivity contribution in [3.8, 4) is 17.3 Å². The molecular formula is C23H18N4O4S. The Balaban J connectivity index is 1.65. The zero-order valence-corrected chi connectivity index (χ0v) is 17.7. The Hall–Kier alpha value is -4.24. The zero-order chi connectivity index (χ0) is 22.7. The van der Waals surface area contributed by atoms with E-state index in [1.165, 1.54) is 7.11 Å². The van der Waals surface area contributed by atoms with E-state index in [1.54, 1.807) is 24.3 Å². The number of ether oxygens (including phenoxy) is 1. The van der Waals surface area contributed by atoms with Crippen LogP contribution in [0, 0.1) is 0 Å². The molecule has 0 atom stereocenters. The van der Waals surface area contributed by atoms with Gasteiger partial charge in [-0.2, -0.15) is 0 Å². The number of hydrogen-bond acceptors (Lipinski definition) is 5. The predicted octanol–water partition coefficient (Wildman–Crippen LogP) is 3.21. The molecule has 8 nitrogen and oxygen atoms in total. The van der Waals surface area contributed by atoms with Crippen LogP contribution in [0.2, 0.25) is 0 Å². The van der Waals surface area contributed by atoms with Crippen LogP contribution in [-0.4, -0.2) is 33.1 Å². The van der Waals surface area contributed by atoms with Gasteiger partial charge in [-0.1, -0.05) is 36.4 Å². The van der Waals surface area contributed by atoms with Crippen LogP contribution in [0.25, 0.3) is 16.5 Å². The third-order valence-electron chi connectivity index (χ3n) is 4.79. The van der Waals surface area contributed by atoms with E-state index in [-0.39, 0.29) is 10.7 Å². The molecule has 0 unspecified atom stereocenters. The molecule has 3 aromatic carbocycles. The summed E-state index contributed by atoms with van der Waals surface area (Å²) in [7, 11) is 1.52. The second kappa shape index (κ2) is 8.86. The molecule has 0 spiro atoms. The first-order chi connectivity index (χ1) is 15.5. The van der Waals surface area contributed by atoms with E-state index in [4.69, 9.17) is 17.0 Å². The second-order valence-corrected chi connectivity index (χ2v) is 7.13. The van der Waals surface area contributed by atoms with Crippen molar-refractivity contribution in [2.24, 2.45) is 4.99 Å². The number of methoxy groups -OCH3 is 1. The summed E-state index contributed by atoms with van der Waals surface area (Å²) in [6, 6.07) is 19.9. The van der Waals surface area contributed by atoms with Gasteiger partial charge in [-0.3, -0.25) is 9.78 Å². The normalized spacial score (nSPS) is 11.0. The standard InChI is InChI=1S/C23H18N4O4S/c1-31-16-11-9-15(10-12-16)27-21(29)18(20(28)26-23(27)30)13-24-22(32)25-19-8-4-6-14-5-2-3-7-17(14)19/h2-13,29H,1H3,(H,25,32)(H,26,28,30). The monoisotopic (exact) mass is 446 g/mol. The molecule has 32 heavy (non-hydrogen) atoms. The van der Waals surface area contributed by atoms with Crippen LogP contribution in [0.3, 0.4) is 0 Å². The molecule has 0 amide bonds. The van der Waals surface area contributed by atoms with Gasteiger partial charge in [-0.25, -0.2) is 14.4 Å². The summed E-state index contributed by atoms with van der Waals surface area (Å²) in [5, 5.41) is 15.7. The molecule has 0 radical (unpaired) electrons. The van der Waals surface area contributed by atoms with E-state index in [9.17, 15) is 14.7 Å². The highest BCUT2D eigenvalue weighted by molar-refractivity contribution is 7.80. The van der Waals surface area contributed by atoms with Crippen LogP contribution >= 0.6 is 12.2 Å². The van der Waals surface area contributed by atoms with Crippen LogP contribution in [0.4, 0.5) is 5.69 Å². The third-order valence-corrected chi connectivity index (χ3v) is 5.00. The van der Waals surface area contributed by atoms with Crippen molar-refractivity contribution in [1.82, 2.24) is 9.55 Å². The minimum absolute atomic E-state index is 0.0855. The van der Waals surface area contributed by atoms with Gasteiger partial charge < -0.3 is 15.2 Å². The lowest BCUT2D eigenvalue weighted by Gasteiger charge is -2.10. The number of fused-ring (bicyclic) bond motifs is 1. The Morgan fingerprint density at radius 3 is 2.56 bits per heavy atom. The van der Waals surface area contributed by atoms with Crippen LogP contribution in [-0.2, 0) is 0 Å². The first-order valence-corrected chi connectivity index (χ1v) is 9.94. The Labute approximate surface area is 187 Å². The van der Waals surface area contributed by atoms with Crippen LogP contribution in [0.15, 0.2) is 81.3 Å². The smallest absolute Gasteiger partial charge is 0.335 e. The molecule has 0 aliphatic heterocycles. The van der Waals surface area contributed by atoms with E-state index in [2.05, 4.69) is 15.3 Å². The van der Waals surface area contributed by atoms with Gasteiger partial charge in [0.15, 0.2) is 5.11 Å². The van der Waals surface area contributed by atoms with Crippen molar-refractivity contribution in [3.63, 3.8) is 0 Å². The number of nitrogens with zero attached hydrogens (tertiary/aromatic N) is 2. The van der Waals surface area contributed by atoms with E-state index in [0.29, 0.717) is 11.4 Å². The molecule has 9 heteroatoms. The first-order valence-electron chi connectivity index (χ1n) is 9.53. The molecule has 0 fully saturated rings. The highest BCUT2D eigenvalue weighted by atomic mass is 32.1. The van der Waals surface area contributed by atoms with Gasteiger partial charge in [-0.15, -0.1) is 0 Å². The summed E-state index contributed by atoms with van der Waals surface area (Å²) in [5.41, 5.74) is -0.676. The van der Waals surface area contributed by atoms with Crippen molar-refractivity contribution in [3.05, 3.63) is 93.1 Å². The molecule has 1 aromatic heterocycles. The van der Waals surface area contributed by atoms with Gasteiger partial charge in [0.2, 0.25) is 5.88 Å². The maximum Gasteiger partial charge on any atom is 0.335 e. The lowest BCUT2D eigenvalue weighted by Crippen LogP contribution is -2.31. The van der Waals surface area contributed by atoms with Gasteiger partial charge >= 0.3 is 5.69 Å². The Morgan fingerprint density at radius 2 is 1.81 bits per heavy atom. The number of H-pyrrole nitrogens is 1. The lowest BCUT2D eigenvalue weighted by molar-refractivity contribution is 0.414. The summed E-state index contributed by atoms with van der Waals surface area (Å²) in [6.07, 6.45) is 1.12. The summed E-state index contributed by atoms with van der Waals surface area (Å²) >= 11 is 5.28. The van der Waals surface area contributed by atoms with Crippen molar-refractivity contribution in [1.29, 1.82) is 0 Å². The zero-order valence-electron chi connectivity index (χ0n) is 16.9. The Bertz CT molecular complexity index is 1450. The number of aliphatic imine (C=N–C) groups is 1. The number of aromatic hydroxyl groups is 1. The number of aromatic amines is 1. The summed E-state index contributed by atoms with van der Waals surface area (Å²) in [5.74, 6) is 0.0259. The van der Waals surface area contributed by atoms with Crippen LogP contribution in [0.1, 0.15) is 5.56 Å². The maximum atomic E-state index is 12.3. The summed E-state index contributed by atoms with van der Waals surface area (Å²) < 4.78 is 6.06. The number of benzene rings is 3. The lowest BCUT2D eigenvalue weighted by atomic mass is 10.1. The molecular weight excluding hydrogens is 428 g/mol. The number of thiocarbonyl (C=S) groups is 1. The second-order valence-electron chi connectivity index (χ2n) is 6.75. The average Bonchev–Trinajstić information content (AvgIpc) is 2.79. The minimum Gasteiger partial charge on any atom is -0.497 e. The molecule has 0 saturated carbocycles.